The molecule has 0 saturated heterocycles. The number of amides is 1. The summed E-state index contributed by atoms with van der Waals surface area (Å²) in [6.07, 6.45) is 0.00524. The second-order valence-electron chi connectivity index (χ2n) is 7.09. The fraction of sp³-hybridized carbons (Fsp3) is 0.412. The first kappa shape index (κ1) is 19.8. The third-order valence-electron chi connectivity index (χ3n) is 4.80. The minimum atomic E-state index is -3.69. The van der Waals surface area contributed by atoms with Crippen molar-refractivity contribution in [3.05, 3.63) is 47.3 Å². The van der Waals surface area contributed by atoms with Gasteiger partial charge in [-0.2, -0.15) is 0 Å². The third-order valence-corrected chi connectivity index (χ3v) is 4.80. The molecule has 2 heterocycles. The molecule has 0 spiro atoms. The Morgan fingerprint density at radius 3 is 2.57 bits per heavy atom. The van der Waals surface area contributed by atoms with E-state index >= 15 is 0 Å². The van der Waals surface area contributed by atoms with Crippen molar-refractivity contribution < 1.29 is 22.4 Å². The number of primary amides is 1. The molecule has 3 rings (SSSR count). The van der Waals surface area contributed by atoms with Crippen molar-refractivity contribution in [3.8, 4) is 0 Å². The van der Waals surface area contributed by atoms with E-state index in [1.54, 1.807) is 0 Å². The van der Waals surface area contributed by atoms with Crippen LogP contribution in [0.15, 0.2) is 29.5 Å². The maximum atomic E-state index is 14.8. The Hall–Kier alpha value is -2.98. The molecule has 1 aliphatic rings. The summed E-state index contributed by atoms with van der Waals surface area (Å²) in [6.45, 7) is 1.93. The van der Waals surface area contributed by atoms with Crippen LogP contribution in [0.25, 0.3) is 0 Å². The molecule has 11 heteroatoms. The predicted octanol–water partition coefficient (Wildman–Crippen LogP) is 1.90. The van der Waals surface area contributed by atoms with Gasteiger partial charge in [0.2, 0.25) is 5.82 Å². The van der Waals surface area contributed by atoms with Gasteiger partial charge in [0.05, 0.1) is 13.0 Å². The predicted molar refractivity (Wildman–Crippen MR) is 92.1 cm³/mol. The fourth-order valence-electron chi connectivity index (χ4n) is 3.09. The molecule has 28 heavy (non-hydrogen) atoms. The van der Waals surface area contributed by atoms with Crippen molar-refractivity contribution in [1.82, 2.24) is 14.8 Å². The van der Waals surface area contributed by atoms with Crippen LogP contribution < -0.4 is 11.5 Å². The van der Waals surface area contributed by atoms with Gasteiger partial charge in [-0.15, -0.1) is 5.10 Å². The maximum absolute atomic E-state index is 14.8. The molecule has 1 aromatic heterocycles. The van der Waals surface area contributed by atoms with Gasteiger partial charge in [-0.25, -0.2) is 27.2 Å². The monoisotopic (exact) mass is 398 g/mol. The van der Waals surface area contributed by atoms with Crippen molar-refractivity contribution in [2.75, 3.05) is 0 Å². The number of amidine groups is 1. The number of hydrogen-bond acceptors (Lipinski definition) is 5. The van der Waals surface area contributed by atoms with E-state index in [0.717, 1.165) is 19.9 Å². The second-order valence-corrected chi connectivity index (χ2v) is 7.09. The van der Waals surface area contributed by atoms with Gasteiger partial charge in [0, 0.05) is 5.56 Å². The summed E-state index contributed by atoms with van der Waals surface area (Å²) in [5, 5.41) is 3.84. The third kappa shape index (κ3) is 3.20. The minimum Gasteiger partial charge on any atom is -0.385 e. The molecule has 1 aromatic carbocycles. The van der Waals surface area contributed by atoms with E-state index in [2.05, 4.69) is 15.1 Å². The Labute approximate surface area is 157 Å². The molecule has 0 radical (unpaired) electrons. The molecule has 2 unspecified atom stereocenters. The highest BCUT2D eigenvalue weighted by Crippen LogP contribution is 2.50. The zero-order valence-electron chi connectivity index (χ0n) is 15.1. The molecule has 7 nitrogen and oxygen atoms in total. The lowest BCUT2D eigenvalue weighted by Gasteiger charge is -2.42. The number of benzene rings is 1. The average Bonchev–Trinajstić information content (AvgIpc) is 3.03. The van der Waals surface area contributed by atoms with Crippen molar-refractivity contribution in [2.45, 2.75) is 43.9 Å². The first-order valence-corrected chi connectivity index (χ1v) is 8.26. The molecule has 0 fully saturated rings. The smallest absolute Gasteiger partial charge is 0.288 e. The number of aromatic nitrogens is 3. The minimum absolute atomic E-state index is 0.00916. The standard InChI is InChI=1S/C17H18F4N6O/c1-15(19)7-17(20,21)16(2,25-14(15)23)10-5-9(3-4-11(10)18)6-27-8-24-13(26-27)12(22)28/h3-5,8H,6-7H2,1-2H3,(H2,22,28)(H2,23,25). The van der Waals surface area contributed by atoms with Gasteiger partial charge >= 0.3 is 0 Å². The first-order chi connectivity index (χ1) is 12.9. The summed E-state index contributed by atoms with van der Waals surface area (Å²) < 4.78 is 59.6. The lowest BCUT2D eigenvalue weighted by molar-refractivity contribution is -0.106. The molecule has 150 valence electrons. The molecule has 1 amide bonds. The fourth-order valence-corrected chi connectivity index (χ4v) is 3.09. The van der Waals surface area contributed by atoms with Gasteiger partial charge in [-0.1, -0.05) is 6.07 Å². The molecular formula is C17H18F4N6O. The van der Waals surface area contributed by atoms with Crippen molar-refractivity contribution in [1.29, 1.82) is 0 Å². The number of nitrogens with two attached hydrogens (primary N) is 2. The molecule has 4 N–H and O–H groups in total. The van der Waals surface area contributed by atoms with Crippen LogP contribution in [0.1, 0.15) is 42.0 Å². The highest BCUT2D eigenvalue weighted by Gasteiger charge is 2.60. The van der Waals surface area contributed by atoms with Gasteiger partial charge in [0.1, 0.15) is 18.0 Å². The van der Waals surface area contributed by atoms with E-state index in [9.17, 15) is 22.4 Å². The van der Waals surface area contributed by atoms with Crippen LogP contribution in [0, 0.1) is 5.82 Å². The highest BCUT2D eigenvalue weighted by atomic mass is 19.3. The quantitative estimate of drug-likeness (QED) is 0.766. The van der Waals surface area contributed by atoms with Gasteiger partial charge in [-0.3, -0.25) is 9.79 Å². The summed E-state index contributed by atoms with van der Waals surface area (Å²) in [5.74, 6) is -6.28. The zero-order valence-corrected chi connectivity index (χ0v) is 15.1. The number of carbonyl (C=O) groups is 1. The summed E-state index contributed by atoms with van der Waals surface area (Å²) in [7, 11) is 0. The summed E-state index contributed by atoms with van der Waals surface area (Å²) in [6, 6.07) is 3.56. The van der Waals surface area contributed by atoms with E-state index < -0.39 is 46.7 Å². The molecule has 1 aliphatic heterocycles. The van der Waals surface area contributed by atoms with Crippen molar-refractivity contribution in [2.24, 2.45) is 16.5 Å². The average molecular weight is 398 g/mol. The zero-order chi connectivity index (χ0) is 20.9. The highest BCUT2D eigenvalue weighted by molar-refractivity contribution is 5.90. The Morgan fingerprint density at radius 1 is 1.29 bits per heavy atom. The van der Waals surface area contributed by atoms with Gasteiger partial charge in [-0.05, 0) is 31.5 Å². The number of rotatable bonds is 4. The molecular weight excluding hydrogens is 380 g/mol. The number of nitrogens with zero attached hydrogens (tertiary/aromatic N) is 4. The normalized spacial score (nSPS) is 26.7. The SMILES string of the molecule is CC1(F)CC(F)(F)C(C)(c2cc(Cn3cnc(C(N)=O)n3)ccc2F)N=C1N. The van der Waals surface area contributed by atoms with Crippen LogP contribution in [0.2, 0.25) is 0 Å². The van der Waals surface area contributed by atoms with Gasteiger partial charge in [0.25, 0.3) is 11.8 Å². The first-order valence-electron chi connectivity index (χ1n) is 8.26. The van der Waals surface area contributed by atoms with Crippen LogP contribution in [-0.4, -0.2) is 38.1 Å². The molecule has 0 aliphatic carbocycles. The lowest BCUT2D eigenvalue weighted by Crippen LogP contribution is -2.56. The number of aliphatic imine (C=N–C) groups is 1. The van der Waals surface area contributed by atoms with Crippen LogP contribution >= 0.6 is 0 Å². The largest absolute Gasteiger partial charge is 0.385 e. The Morgan fingerprint density at radius 2 is 1.96 bits per heavy atom. The molecule has 2 atom stereocenters. The molecule has 2 aromatic rings. The van der Waals surface area contributed by atoms with E-state index in [4.69, 9.17) is 11.5 Å². The van der Waals surface area contributed by atoms with Crippen LogP contribution in [0.4, 0.5) is 17.6 Å². The lowest BCUT2D eigenvalue weighted by atomic mass is 9.77. The van der Waals surface area contributed by atoms with E-state index in [0.29, 0.717) is 5.56 Å². The molecule has 0 bridgehead atoms. The Kier molecular flexibility index (Phi) is 4.43. The number of hydrogen-bond donors (Lipinski definition) is 2. The van der Waals surface area contributed by atoms with E-state index in [-0.39, 0.29) is 12.4 Å². The molecule has 0 saturated carbocycles. The number of carbonyl (C=O) groups excluding carboxylic acids is 1. The topological polar surface area (TPSA) is 112 Å². The van der Waals surface area contributed by atoms with Gasteiger partial charge < -0.3 is 11.5 Å². The Bertz CT molecular complexity index is 970. The number of halogens is 4. The van der Waals surface area contributed by atoms with Crippen molar-refractivity contribution >= 4 is 11.7 Å². The summed E-state index contributed by atoms with van der Waals surface area (Å²) >= 11 is 0. The van der Waals surface area contributed by atoms with E-state index in [1.807, 2.05) is 0 Å². The van der Waals surface area contributed by atoms with Crippen LogP contribution in [0.3, 0.4) is 0 Å². The number of alkyl halides is 3. The van der Waals surface area contributed by atoms with Crippen molar-refractivity contribution in [3.63, 3.8) is 0 Å². The summed E-state index contributed by atoms with van der Waals surface area (Å²) in [4.78, 5) is 18.4. The van der Waals surface area contributed by atoms with Crippen LogP contribution in [0.5, 0.6) is 0 Å². The maximum Gasteiger partial charge on any atom is 0.288 e. The second kappa shape index (κ2) is 6.28. The van der Waals surface area contributed by atoms with Gasteiger partial charge in [0.15, 0.2) is 11.2 Å². The summed E-state index contributed by atoms with van der Waals surface area (Å²) in [5.41, 5.74) is 5.70. The Balaban J connectivity index is 2.03. The van der Waals surface area contributed by atoms with Crippen LogP contribution in [-0.2, 0) is 12.1 Å². The van der Waals surface area contributed by atoms with E-state index in [1.165, 1.54) is 23.1 Å².